The van der Waals surface area contributed by atoms with E-state index in [4.69, 9.17) is 22.3 Å². The number of carboxylic acid groups (broad SMARTS) is 1. The van der Waals surface area contributed by atoms with Gasteiger partial charge in [0, 0.05) is 6.42 Å². The van der Waals surface area contributed by atoms with Crippen LogP contribution in [-0.4, -0.2) is 77.1 Å². The van der Waals surface area contributed by atoms with Crippen LogP contribution in [0, 0.1) is 5.92 Å². The molecule has 0 saturated heterocycles. The minimum atomic E-state index is -1.37. The number of amides is 4. The standard InChI is InChI=1S/C20H38N6O7/c1-3-11(2)16(26-17(29)12(22)10-27)19(31)24-13(6-4-5-9-21)18(30)25-14(20(32)33)7-8-15(23)28/h11-14,16,27H,3-10,21-22H2,1-2H3,(H2,23,28)(H,24,31)(H,25,30)(H,26,29)(H,32,33). The van der Waals surface area contributed by atoms with Crippen LogP contribution in [0.2, 0.25) is 0 Å². The molecule has 0 aromatic heterocycles. The van der Waals surface area contributed by atoms with Gasteiger partial charge < -0.3 is 43.4 Å². The highest BCUT2D eigenvalue weighted by Gasteiger charge is 2.32. The number of aliphatic carboxylic acids is 1. The maximum Gasteiger partial charge on any atom is 0.326 e. The fourth-order valence-electron chi connectivity index (χ4n) is 2.88. The summed E-state index contributed by atoms with van der Waals surface area (Å²) in [7, 11) is 0. The summed E-state index contributed by atoms with van der Waals surface area (Å²) >= 11 is 0. The maximum absolute atomic E-state index is 13.0. The predicted octanol–water partition coefficient (Wildman–Crippen LogP) is -2.71. The molecule has 0 aliphatic carbocycles. The Morgan fingerprint density at radius 2 is 1.52 bits per heavy atom. The Morgan fingerprint density at radius 3 is 2.00 bits per heavy atom. The number of carbonyl (C=O) groups excluding carboxylic acids is 4. The van der Waals surface area contributed by atoms with E-state index in [2.05, 4.69) is 16.0 Å². The molecule has 190 valence electrons. The third-order valence-corrected chi connectivity index (χ3v) is 5.20. The first-order valence-electron chi connectivity index (χ1n) is 11.0. The lowest BCUT2D eigenvalue weighted by Gasteiger charge is -2.27. The number of unbranched alkanes of at least 4 members (excludes halogenated alkanes) is 1. The molecule has 0 fully saturated rings. The van der Waals surface area contributed by atoms with Crippen molar-refractivity contribution in [2.45, 2.75) is 76.5 Å². The zero-order chi connectivity index (χ0) is 25.6. The van der Waals surface area contributed by atoms with E-state index in [9.17, 15) is 29.1 Å². The molecular formula is C20H38N6O7. The van der Waals surface area contributed by atoms with Crippen LogP contribution in [0.4, 0.5) is 0 Å². The minimum Gasteiger partial charge on any atom is -0.480 e. The Hall–Kier alpha value is -2.77. The van der Waals surface area contributed by atoms with E-state index in [1.807, 2.05) is 6.92 Å². The number of aliphatic hydroxyl groups is 1. The Balaban J connectivity index is 5.52. The van der Waals surface area contributed by atoms with Crippen LogP contribution >= 0.6 is 0 Å². The number of hydrogen-bond donors (Lipinski definition) is 8. The zero-order valence-corrected chi connectivity index (χ0v) is 19.2. The molecule has 0 rings (SSSR count). The van der Waals surface area contributed by atoms with Gasteiger partial charge in [0.25, 0.3) is 0 Å². The van der Waals surface area contributed by atoms with Gasteiger partial charge in [0.1, 0.15) is 24.2 Å². The molecule has 11 N–H and O–H groups in total. The topological polar surface area (TPSA) is 240 Å². The Bertz CT molecular complexity index is 675. The van der Waals surface area contributed by atoms with Crippen molar-refractivity contribution in [1.82, 2.24) is 16.0 Å². The number of aliphatic hydroxyl groups excluding tert-OH is 1. The van der Waals surface area contributed by atoms with Crippen molar-refractivity contribution in [3.05, 3.63) is 0 Å². The zero-order valence-electron chi connectivity index (χ0n) is 19.2. The average molecular weight is 475 g/mol. The predicted molar refractivity (Wildman–Crippen MR) is 119 cm³/mol. The fourth-order valence-corrected chi connectivity index (χ4v) is 2.88. The summed E-state index contributed by atoms with van der Waals surface area (Å²) in [5.41, 5.74) is 16.1. The van der Waals surface area contributed by atoms with E-state index >= 15 is 0 Å². The van der Waals surface area contributed by atoms with Crippen molar-refractivity contribution in [2.24, 2.45) is 23.1 Å². The molecule has 0 aromatic carbocycles. The van der Waals surface area contributed by atoms with Crippen LogP contribution in [-0.2, 0) is 24.0 Å². The summed E-state index contributed by atoms with van der Waals surface area (Å²) < 4.78 is 0. The van der Waals surface area contributed by atoms with E-state index in [0.29, 0.717) is 25.8 Å². The monoisotopic (exact) mass is 474 g/mol. The van der Waals surface area contributed by atoms with Gasteiger partial charge in [-0.2, -0.15) is 0 Å². The van der Waals surface area contributed by atoms with Crippen LogP contribution in [0.25, 0.3) is 0 Å². The van der Waals surface area contributed by atoms with Gasteiger partial charge in [-0.25, -0.2) is 4.79 Å². The van der Waals surface area contributed by atoms with Crippen molar-refractivity contribution in [1.29, 1.82) is 0 Å². The first kappa shape index (κ1) is 30.2. The molecule has 0 aliphatic heterocycles. The second-order valence-electron chi connectivity index (χ2n) is 7.91. The Morgan fingerprint density at radius 1 is 0.909 bits per heavy atom. The molecule has 0 radical (unpaired) electrons. The van der Waals surface area contributed by atoms with Crippen molar-refractivity contribution in [3.63, 3.8) is 0 Å². The van der Waals surface area contributed by atoms with Crippen molar-refractivity contribution in [2.75, 3.05) is 13.2 Å². The normalized spacial score (nSPS) is 15.4. The Labute approximate surface area is 193 Å². The molecule has 33 heavy (non-hydrogen) atoms. The van der Waals surface area contributed by atoms with E-state index in [0.717, 1.165) is 0 Å². The minimum absolute atomic E-state index is 0.175. The van der Waals surface area contributed by atoms with E-state index in [1.165, 1.54) is 0 Å². The highest BCUT2D eigenvalue weighted by atomic mass is 16.4. The van der Waals surface area contributed by atoms with Gasteiger partial charge in [0.2, 0.25) is 23.6 Å². The smallest absolute Gasteiger partial charge is 0.326 e. The van der Waals surface area contributed by atoms with Gasteiger partial charge in [0.05, 0.1) is 6.61 Å². The number of primary amides is 1. The van der Waals surface area contributed by atoms with Crippen LogP contribution in [0.1, 0.15) is 52.4 Å². The van der Waals surface area contributed by atoms with Crippen molar-refractivity contribution in [3.8, 4) is 0 Å². The van der Waals surface area contributed by atoms with Crippen LogP contribution < -0.4 is 33.2 Å². The molecule has 0 saturated carbocycles. The van der Waals surface area contributed by atoms with Crippen LogP contribution in [0.15, 0.2) is 0 Å². The van der Waals surface area contributed by atoms with E-state index < -0.39 is 60.4 Å². The fraction of sp³-hybridized carbons (Fsp3) is 0.750. The Kier molecular flexibility index (Phi) is 14.6. The first-order valence-corrected chi connectivity index (χ1v) is 11.0. The highest BCUT2D eigenvalue weighted by molar-refractivity contribution is 5.94. The molecule has 13 heteroatoms. The molecular weight excluding hydrogens is 436 g/mol. The summed E-state index contributed by atoms with van der Waals surface area (Å²) in [4.78, 5) is 60.3. The largest absolute Gasteiger partial charge is 0.480 e. The number of rotatable bonds is 17. The number of nitrogens with two attached hydrogens (primary N) is 3. The molecule has 0 bridgehead atoms. The lowest BCUT2D eigenvalue weighted by Crippen LogP contribution is -2.59. The second-order valence-corrected chi connectivity index (χ2v) is 7.91. The molecule has 0 heterocycles. The average Bonchev–Trinajstić information content (AvgIpc) is 2.77. The van der Waals surface area contributed by atoms with E-state index in [-0.39, 0.29) is 25.2 Å². The SMILES string of the molecule is CCC(C)C(NC(=O)C(N)CO)C(=O)NC(CCCCN)C(=O)NC(CCC(N)=O)C(=O)O. The van der Waals surface area contributed by atoms with Gasteiger partial charge >= 0.3 is 5.97 Å². The molecule has 5 unspecified atom stereocenters. The third-order valence-electron chi connectivity index (χ3n) is 5.20. The summed E-state index contributed by atoms with van der Waals surface area (Å²) in [6.45, 7) is 3.30. The summed E-state index contributed by atoms with van der Waals surface area (Å²) in [6, 6.07) is -4.72. The quantitative estimate of drug-likeness (QED) is 0.102. The highest BCUT2D eigenvalue weighted by Crippen LogP contribution is 2.10. The number of nitrogens with one attached hydrogen (secondary N) is 3. The number of hydrogen-bond acceptors (Lipinski definition) is 8. The van der Waals surface area contributed by atoms with Gasteiger partial charge in [-0.3, -0.25) is 19.2 Å². The van der Waals surface area contributed by atoms with Crippen molar-refractivity contribution >= 4 is 29.6 Å². The van der Waals surface area contributed by atoms with E-state index in [1.54, 1.807) is 6.92 Å². The number of carbonyl (C=O) groups is 5. The molecule has 0 spiro atoms. The summed E-state index contributed by atoms with van der Waals surface area (Å²) in [5, 5.41) is 25.8. The molecule has 0 aromatic rings. The van der Waals surface area contributed by atoms with Gasteiger partial charge in [-0.15, -0.1) is 0 Å². The van der Waals surface area contributed by atoms with Gasteiger partial charge in [-0.1, -0.05) is 20.3 Å². The van der Waals surface area contributed by atoms with Gasteiger partial charge in [0.15, 0.2) is 0 Å². The van der Waals surface area contributed by atoms with Gasteiger partial charge in [-0.05, 0) is 38.1 Å². The van der Waals surface area contributed by atoms with Crippen molar-refractivity contribution < 1.29 is 34.2 Å². The maximum atomic E-state index is 13.0. The molecule has 4 amide bonds. The summed E-state index contributed by atoms with van der Waals surface area (Å²) in [6.07, 6.45) is 1.29. The number of carboxylic acids is 1. The molecule has 13 nitrogen and oxygen atoms in total. The third kappa shape index (κ3) is 11.6. The lowest BCUT2D eigenvalue weighted by atomic mass is 9.97. The molecule has 0 aliphatic rings. The molecule has 5 atom stereocenters. The summed E-state index contributed by atoms with van der Waals surface area (Å²) in [5.74, 6) is -4.51. The second kappa shape index (κ2) is 15.9. The first-order chi connectivity index (χ1) is 15.5. The van der Waals surface area contributed by atoms with Crippen LogP contribution in [0.5, 0.6) is 0 Å². The lowest BCUT2D eigenvalue weighted by molar-refractivity contribution is -0.142. The van der Waals surface area contributed by atoms with Crippen LogP contribution in [0.3, 0.4) is 0 Å².